The predicted molar refractivity (Wildman–Crippen MR) is 197 cm³/mol. The van der Waals surface area contributed by atoms with Gasteiger partial charge in [0.15, 0.2) is 0 Å². The van der Waals surface area contributed by atoms with Gasteiger partial charge in [-0.3, -0.25) is 4.57 Å². The zero-order valence-corrected chi connectivity index (χ0v) is 25.8. The first-order chi connectivity index (χ1) is 23.3. The van der Waals surface area contributed by atoms with Crippen LogP contribution >= 0.6 is 11.3 Å². The number of fused-ring (bicyclic) bond motifs is 14. The Hall–Kier alpha value is -6.04. The molecule has 4 heterocycles. The largest absolute Gasteiger partial charge is 0.456 e. The van der Waals surface area contributed by atoms with Crippen molar-refractivity contribution in [1.82, 2.24) is 14.5 Å². The van der Waals surface area contributed by atoms with Crippen molar-refractivity contribution in [3.8, 4) is 17.2 Å². The molecule has 0 amide bonds. The van der Waals surface area contributed by atoms with Gasteiger partial charge in [0.2, 0.25) is 5.95 Å². The van der Waals surface area contributed by atoms with Crippen molar-refractivity contribution in [2.75, 3.05) is 0 Å². The minimum absolute atomic E-state index is 0.656. The van der Waals surface area contributed by atoms with Gasteiger partial charge in [0, 0.05) is 48.0 Å². The minimum Gasteiger partial charge on any atom is -0.456 e. The smallest absolute Gasteiger partial charge is 0.235 e. The molecule has 0 aliphatic heterocycles. The van der Waals surface area contributed by atoms with Gasteiger partial charge >= 0.3 is 0 Å². The van der Waals surface area contributed by atoms with Crippen LogP contribution < -0.4 is 0 Å². The number of aromatic nitrogens is 3. The maximum Gasteiger partial charge on any atom is 0.235 e. The summed E-state index contributed by atoms with van der Waals surface area (Å²) in [6, 6.07) is 49.1. The first kappa shape index (κ1) is 25.2. The molecule has 5 heteroatoms. The topological polar surface area (TPSA) is 43.9 Å². The van der Waals surface area contributed by atoms with Crippen molar-refractivity contribution in [2.24, 2.45) is 0 Å². The van der Waals surface area contributed by atoms with Gasteiger partial charge in [-0.1, -0.05) is 109 Å². The van der Waals surface area contributed by atoms with Crippen LogP contribution in [0.5, 0.6) is 0 Å². The van der Waals surface area contributed by atoms with Crippen LogP contribution in [0.4, 0.5) is 0 Å². The lowest BCUT2D eigenvalue weighted by Gasteiger charge is -2.13. The van der Waals surface area contributed by atoms with E-state index >= 15 is 0 Å². The standard InChI is InChI=1S/C42H23N3OS/c1-2-13-25-24(12-1)37-27-15-4-8-20-32(27)45(40(37)41-38(25)29-17-6-10-23-35(29)47-41)42-43-31-19-7-3-14-26(31)39(44-42)30-18-11-22-34-36(30)28-16-5-9-21-33(28)46-34/h1-23H. The Labute approximate surface area is 271 Å². The lowest BCUT2D eigenvalue weighted by Crippen LogP contribution is -2.03. The summed E-state index contributed by atoms with van der Waals surface area (Å²) in [6.45, 7) is 0. The van der Waals surface area contributed by atoms with E-state index in [1.165, 1.54) is 41.7 Å². The van der Waals surface area contributed by atoms with Crippen LogP contribution in [-0.4, -0.2) is 14.5 Å². The minimum atomic E-state index is 0.656. The maximum absolute atomic E-state index is 6.32. The Balaban J connectivity index is 1.35. The second-order valence-electron chi connectivity index (χ2n) is 12.1. The van der Waals surface area contributed by atoms with E-state index in [2.05, 4.69) is 126 Å². The number of hydrogen-bond donors (Lipinski definition) is 0. The SMILES string of the molecule is c1ccc2c(-c3cccc4oc5ccccc5c34)nc(-n3c4ccccc4c4c5ccccc5c5c6ccccc6sc5c43)nc2c1. The first-order valence-corrected chi connectivity index (χ1v) is 16.6. The summed E-state index contributed by atoms with van der Waals surface area (Å²) in [6.07, 6.45) is 0. The van der Waals surface area contributed by atoms with Crippen LogP contribution in [0.1, 0.15) is 0 Å². The van der Waals surface area contributed by atoms with Crippen molar-refractivity contribution >= 4 is 96.9 Å². The molecule has 11 aromatic rings. The second kappa shape index (κ2) is 9.25. The monoisotopic (exact) mass is 617 g/mol. The fraction of sp³-hybridized carbons (Fsp3) is 0. The number of rotatable bonds is 2. The Morgan fingerprint density at radius 1 is 0.489 bits per heavy atom. The van der Waals surface area contributed by atoms with Crippen LogP contribution in [0.15, 0.2) is 144 Å². The van der Waals surface area contributed by atoms with Gasteiger partial charge in [0.05, 0.1) is 26.9 Å². The Morgan fingerprint density at radius 3 is 2.02 bits per heavy atom. The first-order valence-electron chi connectivity index (χ1n) is 15.8. The summed E-state index contributed by atoms with van der Waals surface area (Å²) in [5, 5.41) is 10.7. The number of nitrogens with zero attached hydrogens (tertiary/aromatic N) is 3. The molecule has 0 saturated carbocycles. The molecule has 4 aromatic heterocycles. The van der Waals surface area contributed by atoms with E-state index in [4.69, 9.17) is 14.4 Å². The molecular weight excluding hydrogens is 595 g/mol. The molecule has 0 aliphatic carbocycles. The molecule has 0 atom stereocenters. The third-order valence-electron chi connectivity index (χ3n) is 9.60. The summed E-state index contributed by atoms with van der Waals surface area (Å²) in [5.74, 6) is 0.656. The van der Waals surface area contributed by atoms with E-state index < -0.39 is 0 Å². The van der Waals surface area contributed by atoms with Gasteiger partial charge in [-0.05, 0) is 41.1 Å². The van der Waals surface area contributed by atoms with Gasteiger partial charge in [-0.25, -0.2) is 9.97 Å². The summed E-state index contributed by atoms with van der Waals surface area (Å²) in [4.78, 5) is 10.8. The van der Waals surface area contributed by atoms with Crippen LogP contribution in [0, 0.1) is 0 Å². The number of thiophene rings is 1. The van der Waals surface area contributed by atoms with Crippen LogP contribution in [-0.2, 0) is 0 Å². The fourth-order valence-electron chi connectivity index (χ4n) is 7.68. The van der Waals surface area contributed by atoms with E-state index in [0.717, 1.165) is 55.1 Å². The lowest BCUT2D eigenvalue weighted by molar-refractivity contribution is 0.669. The molecule has 4 nitrogen and oxygen atoms in total. The van der Waals surface area contributed by atoms with Gasteiger partial charge in [0.25, 0.3) is 0 Å². The third-order valence-corrected chi connectivity index (χ3v) is 10.8. The average molecular weight is 618 g/mol. The van der Waals surface area contributed by atoms with E-state index in [1.54, 1.807) is 0 Å². The normalized spacial score (nSPS) is 12.3. The van der Waals surface area contributed by atoms with Crippen molar-refractivity contribution in [3.05, 3.63) is 140 Å². The van der Waals surface area contributed by atoms with Gasteiger partial charge in [0.1, 0.15) is 11.2 Å². The molecule has 0 unspecified atom stereocenters. The highest BCUT2D eigenvalue weighted by molar-refractivity contribution is 7.27. The molecule has 0 bridgehead atoms. The van der Waals surface area contributed by atoms with Crippen LogP contribution in [0.2, 0.25) is 0 Å². The molecule has 11 rings (SSSR count). The number of hydrogen-bond acceptors (Lipinski definition) is 4. The molecule has 0 spiro atoms. The van der Waals surface area contributed by atoms with Crippen LogP contribution in [0.3, 0.4) is 0 Å². The summed E-state index contributed by atoms with van der Waals surface area (Å²) < 4.78 is 11.1. The second-order valence-corrected chi connectivity index (χ2v) is 13.1. The molecule has 7 aromatic carbocycles. The van der Waals surface area contributed by atoms with Crippen molar-refractivity contribution in [3.63, 3.8) is 0 Å². The Morgan fingerprint density at radius 2 is 1.15 bits per heavy atom. The molecule has 0 fully saturated rings. The molecule has 0 aliphatic rings. The quantitative estimate of drug-likeness (QED) is 0.194. The molecule has 0 radical (unpaired) electrons. The number of benzene rings is 7. The highest BCUT2D eigenvalue weighted by Crippen LogP contribution is 2.48. The molecule has 0 saturated heterocycles. The Bertz CT molecular complexity index is 3090. The molecular formula is C42H23N3OS. The van der Waals surface area contributed by atoms with Crippen molar-refractivity contribution in [2.45, 2.75) is 0 Å². The predicted octanol–water partition coefficient (Wildman–Crippen LogP) is 11.8. The summed E-state index contributed by atoms with van der Waals surface area (Å²) >= 11 is 1.85. The van der Waals surface area contributed by atoms with Crippen molar-refractivity contribution in [1.29, 1.82) is 0 Å². The zero-order valence-electron chi connectivity index (χ0n) is 24.9. The summed E-state index contributed by atoms with van der Waals surface area (Å²) in [7, 11) is 0. The lowest BCUT2D eigenvalue weighted by atomic mass is 9.99. The summed E-state index contributed by atoms with van der Waals surface area (Å²) in [5.41, 5.74) is 6.78. The maximum atomic E-state index is 6.32. The van der Waals surface area contributed by atoms with Crippen molar-refractivity contribution < 1.29 is 4.42 Å². The number of furan rings is 1. The Kier molecular flexibility index (Phi) is 4.96. The number of para-hydroxylation sites is 3. The molecule has 218 valence electrons. The van der Waals surface area contributed by atoms with E-state index in [1.807, 2.05) is 29.5 Å². The zero-order chi connectivity index (χ0) is 30.6. The van der Waals surface area contributed by atoms with E-state index in [-0.39, 0.29) is 0 Å². The highest BCUT2D eigenvalue weighted by atomic mass is 32.1. The van der Waals surface area contributed by atoms with Gasteiger partial charge < -0.3 is 4.42 Å². The molecule has 0 N–H and O–H groups in total. The fourth-order valence-corrected chi connectivity index (χ4v) is 8.93. The molecule has 47 heavy (non-hydrogen) atoms. The van der Waals surface area contributed by atoms with E-state index in [0.29, 0.717) is 5.95 Å². The van der Waals surface area contributed by atoms with Gasteiger partial charge in [-0.15, -0.1) is 11.3 Å². The van der Waals surface area contributed by atoms with Gasteiger partial charge in [-0.2, -0.15) is 0 Å². The average Bonchev–Trinajstić information content (AvgIpc) is 3.81. The van der Waals surface area contributed by atoms with Crippen LogP contribution in [0.25, 0.3) is 103 Å². The third kappa shape index (κ3) is 3.36. The highest BCUT2D eigenvalue weighted by Gasteiger charge is 2.24. The van der Waals surface area contributed by atoms with E-state index in [9.17, 15) is 0 Å².